The van der Waals surface area contributed by atoms with Gasteiger partial charge < -0.3 is 11.1 Å². The Morgan fingerprint density at radius 3 is 2.76 bits per heavy atom. The Balaban J connectivity index is 2.34. The number of rotatable bonds is 2. The standard InChI is InChI=1S/C11H8BrClFN3/c12-6-1-3-9(7(14)5-6)16-11-8(15)2-4-10(13)17-11/h1-5H,15H2,(H,16,17). The highest BCUT2D eigenvalue weighted by Crippen LogP contribution is 2.26. The Kier molecular flexibility index (Phi) is 3.49. The fraction of sp³-hybridized carbons (Fsp3) is 0. The molecule has 2 rings (SSSR count). The molecule has 0 spiro atoms. The lowest BCUT2D eigenvalue weighted by atomic mass is 10.3. The van der Waals surface area contributed by atoms with Gasteiger partial charge in [0.1, 0.15) is 11.0 Å². The zero-order chi connectivity index (χ0) is 12.4. The predicted octanol–water partition coefficient (Wildman–Crippen LogP) is 3.96. The van der Waals surface area contributed by atoms with Crippen LogP contribution in [0.25, 0.3) is 0 Å². The summed E-state index contributed by atoms with van der Waals surface area (Å²) < 4.78 is 14.2. The highest BCUT2D eigenvalue weighted by molar-refractivity contribution is 9.10. The quantitative estimate of drug-likeness (QED) is 0.825. The maximum Gasteiger partial charge on any atom is 0.155 e. The first-order chi connectivity index (χ1) is 8.06. The summed E-state index contributed by atoms with van der Waals surface area (Å²) in [6, 6.07) is 7.82. The number of benzene rings is 1. The van der Waals surface area contributed by atoms with E-state index in [2.05, 4.69) is 26.2 Å². The Labute approximate surface area is 111 Å². The fourth-order valence-electron chi connectivity index (χ4n) is 1.26. The third kappa shape index (κ3) is 2.87. The van der Waals surface area contributed by atoms with Gasteiger partial charge in [0.15, 0.2) is 5.82 Å². The second kappa shape index (κ2) is 4.89. The van der Waals surface area contributed by atoms with Gasteiger partial charge in [0.25, 0.3) is 0 Å². The highest BCUT2D eigenvalue weighted by atomic mass is 79.9. The zero-order valence-corrected chi connectivity index (χ0v) is 10.9. The van der Waals surface area contributed by atoms with Gasteiger partial charge in [-0.1, -0.05) is 27.5 Å². The first kappa shape index (κ1) is 12.1. The molecule has 0 amide bonds. The third-order valence-corrected chi connectivity index (χ3v) is 2.78. The van der Waals surface area contributed by atoms with Gasteiger partial charge in [0.05, 0.1) is 11.4 Å². The van der Waals surface area contributed by atoms with Gasteiger partial charge in [0, 0.05) is 4.47 Å². The molecule has 6 heteroatoms. The molecule has 2 aromatic rings. The molecule has 0 atom stereocenters. The molecule has 1 heterocycles. The topological polar surface area (TPSA) is 50.9 Å². The summed E-state index contributed by atoms with van der Waals surface area (Å²) in [6.07, 6.45) is 0. The van der Waals surface area contributed by atoms with Crippen LogP contribution in [0.15, 0.2) is 34.8 Å². The average molecular weight is 317 g/mol. The van der Waals surface area contributed by atoms with E-state index in [9.17, 15) is 4.39 Å². The molecule has 0 unspecified atom stereocenters. The second-order valence-corrected chi connectivity index (χ2v) is 4.62. The molecule has 1 aromatic heterocycles. The van der Waals surface area contributed by atoms with Crippen molar-refractivity contribution >= 4 is 44.7 Å². The molecule has 0 aliphatic carbocycles. The molecule has 17 heavy (non-hydrogen) atoms. The molecule has 88 valence electrons. The molecule has 0 aliphatic rings. The summed E-state index contributed by atoms with van der Waals surface area (Å²) in [7, 11) is 0. The lowest BCUT2D eigenvalue weighted by Gasteiger charge is -2.09. The van der Waals surface area contributed by atoms with Gasteiger partial charge in [0.2, 0.25) is 0 Å². The number of hydrogen-bond acceptors (Lipinski definition) is 3. The van der Waals surface area contributed by atoms with Crippen LogP contribution in [0.2, 0.25) is 5.15 Å². The van der Waals surface area contributed by atoms with E-state index >= 15 is 0 Å². The van der Waals surface area contributed by atoms with Crippen LogP contribution in [0.1, 0.15) is 0 Å². The van der Waals surface area contributed by atoms with E-state index in [1.165, 1.54) is 6.07 Å². The number of nitrogens with two attached hydrogens (primary N) is 1. The lowest BCUT2D eigenvalue weighted by Crippen LogP contribution is -2.00. The van der Waals surface area contributed by atoms with Gasteiger partial charge in [-0.05, 0) is 30.3 Å². The van der Waals surface area contributed by atoms with Crippen molar-refractivity contribution in [2.45, 2.75) is 0 Å². The molecule has 0 saturated heterocycles. The summed E-state index contributed by atoms with van der Waals surface area (Å²) in [5.41, 5.74) is 6.39. The van der Waals surface area contributed by atoms with Crippen molar-refractivity contribution in [2.75, 3.05) is 11.1 Å². The van der Waals surface area contributed by atoms with Crippen LogP contribution in [0.5, 0.6) is 0 Å². The summed E-state index contributed by atoms with van der Waals surface area (Å²) >= 11 is 8.92. The Morgan fingerprint density at radius 2 is 2.06 bits per heavy atom. The SMILES string of the molecule is Nc1ccc(Cl)nc1Nc1ccc(Br)cc1F. The van der Waals surface area contributed by atoms with Crippen LogP contribution in [0, 0.1) is 5.82 Å². The summed E-state index contributed by atoms with van der Waals surface area (Å²) in [4.78, 5) is 3.98. The predicted molar refractivity (Wildman–Crippen MR) is 71.0 cm³/mol. The summed E-state index contributed by atoms with van der Waals surface area (Å²) in [6.45, 7) is 0. The molecule has 0 fully saturated rings. The van der Waals surface area contributed by atoms with Crippen molar-refractivity contribution in [3.8, 4) is 0 Å². The van der Waals surface area contributed by atoms with E-state index in [0.29, 0.717) is 21.1 Å². The maximum atomic E-state index is 13.6. The van der Waals surface area contributed by atoms with Crippen LogP contribution in [-0.2, 0) is 0 Å². The van der Waals surface area contributed by atoms with Crippen molar-refractivity contribution < 1.29 is 4.39 Å². The van der Waals surface area contributed by atoms with Crippen molar-refractivity contribution in [2.24, 2.45) is 0 Å². The Morgan fingerprint density at radius 1 is 1.29 bits per heavy atom. The number of halogens is 3. The van der Waals surface area contributed by atoms with Gasteiger partial charge in [-0.2, -0.15) is 0 Å². The van der Waals surface area contributed by atoms with Crippen molar-refractivity contribution in [3.05, 3.63) is 45.8 Å². The zero-order valence-electron chi connectivity index (χ0n) is 8.55. The number of pyridine rings is 1. The minimum Gasteiger partial charge on any atom is -0.396 e. The molecule has 0 bridgehead atoms. The normalized spacial score (nSPS) is 10.3. The summed E-state index contributed by atoms with van der Waals surface area (Å²) in [5, 5.41) is 3.08. The molecule has 0 aliphatic heterocycles. The van der Waals surface area contributed by atoms with Crippen molar-refractivity contribution in [1.29, 1.82) is 0 Å². The van der Waals surface area contributed by atoms with Gasteiger partial charge in [-0.25, -0.2) is 9.37 Å². The minimum atomic E-state index is -0.402. The first-order valence-electron chi connectivity index (χ1n) is 4.70. The van der Waals surface area contributed by atoms with Crippen LogP contribution >= 0.6 is 27.5 Å². The second-order valence-electron chi connectivity index (χ2n) is 3.32. The van der Waals surface area contributed by atoms with E-state index in [-0.39, 0.29) is 5.69 Å². The maximum absolute atomic E-state index is 13.6. The number of nitrogens with zero attached hydrogens (tertiary/aromatic N) is 1. The minimum absolute atomic E-state index is 0.287. The molecule has 3 N–H and O–H groups in total. The van der Waals surface area contributed by atoms with E-state index in [1.807, 2.05) is 0 Å². The van der Waals surface area contributed by atoms with Crippen LogP contribution in [0.3, 0.4) is 0 Å². The van der Waals surface area contributed by atoms with E-state index in [1.54, 1.807) is 24.3 Å². The van der Waals surface area contributed by atoms with Gasteiger partial charge in [-0.3, -0.25) is 0 Å². The lowest BCUT2D eigenvalue weighted by molar-refractivity contribution is 0.631. The number of nitrogen functional groups attached to an aromatic ring is 1. The molecule has 0 saturated carbocycles. The highest BCUT2D eigenvalue weighted by Gasteiger charge is 2.07. The fourth-order valence-corrected chi connectivity index (χ4v) is 1.75. The Hall–Kier alpha value is -1.33. The average Bonchev–Trinajstić information content (AvgIpc) is 2.27. The molecule has 0 radical (unpaired) electrons. The van der Waals surface area contributed by atoms with Gasteiger partial charge in [-0.15, -0.1) is 0 Å². The van der Waals surface area contributed by atoms with Crippen molar-refractivity contribution in [3.63, 3.8) is 0 Å². The summed E-state index contributed by atoms with van der Waals surface area (Å²) in [5.74, 6) is -0.0701. The molecular weight excluding hydrogens is 308 g/mol. The monoisotopic (exact) mass is 315 g/mol. The number of nitrogens with one attached hydrogen (secondary N) is 1. The van der Waals surface area contributed by atoms with E-state index in [4.69, 9.17) is 17.3 Å². The van der Waals surface area contributed by atoms with Crippen molar-refractivity contribution in [1.82, 2.24) is 4.98 Å². The number of aromatic nitrogens is 1. The van der Waals surface area contributed by atoms with E-state index in [0.717, 1.165) is 0 Å². The smallest absolute Gasteiger partial charge is 0.155 e. The van der Waals surface area contributed by atoms with E-state index < -0.39 is 5.82 Å². The van der Waals surface area contributed by atoms with Gasteiger partial charge >= 0.3 is 0 Å². The largest absolute Gasteiger partial charge is 0.396 e. The number of anilines is 3. The van der Waals surface area contributed by atoms with Crippen LogP contribution in [-0.4, -0.2) is 4.98 Å². The van der Waals surface area contributed by atoms with Crippen LogP contribution in [0.4, 0.5) is 21.6 Å². The number of hydrogen-bond donors (Lipinski definition) is 2. The Bertz CT molecular complexity index is 562. The molecular formula is C11H8BrClFN3. The molecule has 1 aromatic carbocycles. The first-order valence-corrected chi connectivity index (χ1v) is 5.87. The molecule has 3 nitrogen and oxygen atoms in total. The third-order valence-electron chi connectivity index (χ3n) is 2.08. The van der Waals surface area contributed by atoms with Crippen LogP contribution < -0.4 is 11.1 Å².